The first kappa shape index (κ1) is 12.8. The van der Waals surface area contributed by atoms with Crippen LogP contribution in [-0.4, -0.2) is 16.5 Å². The molecule has 0 fully saturated rings. The summed E-state index contributed by atoms with van der Waals surface area (Å²) in [7, 11) is 0. The van der Waals surface area contributed by atoms with Crippen LogP contribution in [0.5, 0.6) is 0 Å². The molecule has 0 amide bonds. The number of aromatic nitrogens is 1. The number of non-ortho nitro benzene ring substituents is 1. The van der Waals surface area contributed by atoms with Gasteiger partial charge in [0.25, 0.3) is 5.69 Å². The SMILES string of the molecule is Nc1cccnc1NCCc1ccc([N+](=O)[O-])cc1. The standard InChI is InChI=1S/C13H14N4O2/c14-12-2-1-8-15-13(12)16-9-7-10-3-5-11(6-4-10)17(18)19/h1-6,8H,7,9,14H2,(H,15,16). The van der Waals surface area contributed by atoms with Crippen molar-refractivity contribution < 1.29 is 4.92 Å². The van der Waals surface area contributed by atoms with Gasteiger partial charge in [0.05, 0.1) is 10.6 Å². The zero-order chi connectivity index (χ0) is 13.7. The van der Waals surface area contributed by atoms with Crippen LogP contribution < -0.4 is 11.1 Å². The largest absolute Gasteiger partial charge is 0.396 e. The maximum absolute atomic E-state index is 10.5. The average molecular weight is 258 g/mol. The molecule has 19 heavy (non-hydrogen) atoms. The van der Waals surface area contributed by atoms with E-state index in [1.807, 2.05) is 0 Å². The first-order valence-corrected chi connectivity index (χ1v) is 5.84. The molecule has 0 atom stereocenters. The lowest BCUT2D eigenvalue weighted by molar-refractivity contribution is -0.384. The number of hydrogen-bond acceptors (Lipinski definition) is 5. The van der Waals surface area contributed by atoms with Crippen LogP contribution in [-0.2, 0) is 6.42 Å². The Morgan fingerprint density at radius 3 is 2.63 bits per heavy atom. The summed E-state index contributed by atoms with van der Waals surface area (Å²) in [6, 6.07) is 10.1. The Hall–Kier alpha value is -2.63. The Bertz CT molecular complexity index is 569. The Morgan fingerprint density at radius 2 is 2.00 bits per heavy atom. The van der Waals surface area contributed by atoms with Crippen LogP contribution in [0.15, 0.2) is 42.6 Å². The van der Waals surface area contributed by atoms with E-state index in [9.17, 15) is 10.1 Å². The molecule has 2 aromatic rings. The smallest absolute Gasteiger partial charge is 0.269 e. The van der Waals surface area contributed by atoms with Crippen LogP contribution in [0.4, 0.5) is 17.2 Å². The van der Waals surface area contributed by atoms with Gasteiger partial charge in [-0.2, -0.15) is 0 Å². The van der Waals surface area contributed by atoms with Gasteiger partial charge in [0.1, 0.15) is 5.82 Å². The number of nitrogens with one attached hydrogen (secondary N) is 1. The monoisotopic (exact) mass is 258 g/mol. The number of nitrogen functional groups attached to an aromatic ring is 1. The number of hydrogen-bond donors (Lipinski definition) is 2. The summed E-state index contributed by atoms with van der Waals surface area (Å²) >= 11 is 0. The van der Waals surface area contributed by atoms with Gasteiger partial charge >= 0.3 is 0 Å². The van der Waals surface area contributed by atoms with E-state index in [0.717, 1.165) is 12.0 Å². The van der Waals surface area contributed by atoms with Crippen molar-refractivity contribution in [2.24, 2.45) is 0 Å². The topological polar surface area (TPSA) is 94.1 Å². The summed E-state index contributed by atoms with van der Waals surface area (Å²) in [4.78, 5) is 14.2. The van der Waals surface area contributed by atoms with Crippen LogP contribution in [0.3, 0.4) is 0 Å². The van der Waals surface area contributed by atoms with Crippen molar-refractivity contribution in [2.45, 2.75) is 6.42 Å². The van der Waals surface area contributed by atoms with Gasteiger partial charge in [-0.15, -0.1) is 0 Å². The fraction of sp³-hybridized carbons (Fsp3) is 0.154. The number of rotatable bonds is 5. The number of anilines is 2. The van der Waals surface area contributed by atoms with E-state index >= 15 is 0 Å². The molecule has 1 aromatic carbocycles. The number of nitro benzene ring substituents is 1. The van der Waals surface area contributed by atoms with Crippen molar-refractivity contribution in [2.75, 3.05) is 17.6 Å². The molecule has 0 spiro atoms. The molecule has 0 radical (unpaired) electrons. The molecule has 0 aliphatic rings. The second kappa shape index (κ2) is 5.81. The van der Waals surface area contributed by atoms with Crippen LogP contribution >= 0.6 is 0 Å². The summed E-state index contributed by atoms with van der Waals surface area (Å²) in [6.45, 7) is 0.666. The second-order valence-electron chi connectivity index (χ2n) is 4.04. The quantitative estimate of drug-likeness (QED) is 0.633. The van der Waals surface area contributed by atoms with E-state index in [-0.39, 0.29) is 5.69 Å². The molecular weight excluding hydrogens is 244 g/mol. The molecule has 98 valence electrons. The highest BCUT2D eigenvalue weighted by Gasteiger charge is 2.04. The minimum Gasteiger partial charge on any atom is -0.396 e. The van der Waals surface area contributed by atoms with E-state index < -0.39 is 4.92 Å². The highest BCUT2D eigenvalue weighted by atomic mass is 16.6. The fourth-order valence-corrected chi connectivity index (χ4v) is 1.68. The summed E-state index contributed by atoms with van der Waals surface area (Å²) in [6.07, 6.45) is 2.42. The predicted molar refractivity (Wildman–Crippen MR) is 73.9 cm³/mol. The van der Waals surface area contributed by atoms with Gasteiger partial charge in [-0.3, -0.25) is 10.1 Å². The Morgan fingerprint density at radius 1 is 1.26 bits per heavy atom. The van der Waals surface area contributed by atoms with Crippen molar-refractivity contribution in [1.82, 2.24) is 4.98 Å². The predicted octanol–water partition coefficient (Wildman–Crippen LogP) is 2.23. The van der Waals surface area contributed by atoms with Gasteiger partial charge in [-0.05, 0) is 24.1 Å². The van der Waals surface area contributed by atoms with Crippen molar-refractivity contribution in [3.63, 3.8) is 0 Å². The van der Waals surface area contributed by atoms with E-state index in [1.54, 1.807) is 30.5 Å². The zero-order valence-electron chi connectivity index (χ0n) is 10.2. The van der Waals surface area contributed by atoms with Crippen molar-refractivity contribution in [1.29, 1.82) is 0 Å². The fourth-order valence-electron chi connectivity index (χ4n) is 1.68. The van der Waals surface area contributed by atoms with Crippen LogP contribution in [0.1, 0.15) is 5.56 Å². The molecule has 2 rings (SSSR count). The minimum absolute atomic E-state index is 0.102. The first-order chi connectivity index (χ1) is 9.16. The van der Waals surface area contributed by atoms with Gasteiger partial charge in [0.2, 0.25) is 0 Å². The lowest BCUT2D eigenvalue weighted by Crippen LogP contribution is -2.08. The van der Waals surface area contributed by atoms with Crippen molar-refractivity contribution >= 4 is 17.2 Å². The molecular formula is C13H14N4O2. The number of benzene rings is 1. The normalized spacial score (nSPS) is 10.1. The Balaban J connectivity index is 1.89. The van der Waals surface area contributed by atoms with Gasteiger partial charge in [-0.1, -0.05) is 12.1 Å². The Labute approximate surface area is 110 Å². The number of nitrogens with two attached hydrogens (primary N) is 1. The van der Waals surface area contributed by atoms with E-state index in [4.69, 9.17) is 5.73 Å². The number of nitrogens with zero attached hydrogens (tertiary/aromatic N) is 2. The van der Waals surface area contributed by atoms with E-state index in [0.29, 0.717) is 18.1 Å². The van der Waals surface area contributed by atoms with Gasteiger partial charge in [0, 0.05) is 24.9 Å². The van der Waals surface area contributed by atoms with Gasteiger partial charge in [-0.25, -0.2) is 4.98 Å². The molecule has 0 unspecified atom stereocenters. The van der Waals surface area contributed by atoms with Crippen LogP contribution in [0, 0.1) is 10.1 Å². The molecule has 6 heteroatoms. The third-order valence-corrected chi connectivity index (χ3v) is 2.69. The molecule has 0 bridgehead atoms. The lowest BCUT2D eigenvalue weighted by Gasteiger charge is -2.07. The highest BCUT2D eigenvalue weighted by Crippen LogP contribution is 2.14. The van der Waals surface area contributed by atoms with E-state index in [2.05, 4.69) is 10.3 Å². The molecule has 1 heterocycles. The van der Waals surface area contributed by atoms with Crippen molar-refractivity contribution in [3.8, 4) is 0 Å². The molecule has 0 saturated carbocycles. The first-order valence-electron chi connectivity index (χ1n) is 5.84. The average Bonchev–Trinajstić information content (AvgIpc) is 2.41. The molecule has 3 N–H and O–H groups in total. The maximum atomic E-state index is 10.5. The number of pyridine rings is 1. The molecule has 0 saturated heterocycles. The maximum Gasteiger partial charge on any atom is 0.269 e. The molecule has 0 aliphatic heterocycles. The van der Waals surface area contributed by atoms with Crippen LogP contribution in [0.25, 0.3) is 0 Å². The lowest BCUT2D eigenvalue weighted by atomic mass is 10.1. The van der Waals surface area contributed by atoms with Gasteiger partial charge in [0.15, 0.2) is 0 Å². The Kier molecular flexibility index (Phi) is 3.92. The number of nitro groups is 1. The second-order valence-corrected chi connectivity index (χ2v) is 4.04. The minimum atomic E-state index is -0.406. The third-order valence-electron chi connectivity index (χ3n) is 2.69. The zero-order valence-corrected chi connectivity index (χ0v) is 10.2. The van der Waals surface area contributed by atoms with Crippen LogP contribution in [0.2, 0.25) is 0 Å². The molecule has 0 aliphatic carbocycles. The highest BCUT2D eigenvalue weighted by molar-refractivity contribution is 5.60. The molecule has 1 aromatic heterocycles. The summed E-state index contributed by atoms with van der Waals surface area (Å²) in [5.41, 5.74) is 7.48. The summed E-state index contributed by atoms with van der Waals surface area (Å²) in [5, 5.41) is 13.6. The van der Waals surface area contributed by atoms with E-state index in [1.165, 1.54) is 12.1 Å². The van der Waals surface area contributed by atoms with Crippen molar-refractivity contribution in [3.05, 3.63) is 58.3 Å². The van der Waals surface area contributed by atoms with Gasteiger partial charge < -0.3 is 11.1 Å². The molecule has 6 nitrogen and oxygen atoms in total. The third kappa shape index (κ3) is 3.41. The summed E-state index contributed by atoms with van der Waals surface area (Å²) in [5.74, 6) is 0.657. The summed E-state index contributed by atoms with van der Waals surface area (Å²) < 4.78 is 0.